The summed E-state index contributed by atoms with van der Waals surface area (Å²) in [5.41, 5.74) is 10.3. The molecule has 0 spiro atoms. The zero-order chi connectivity index (χ0) is 13.1. The van der Waals surface area contributed by atoms with E-state index >= 15 is 0 Å². The number of aryl methyl sites for hydroxylation is 2. The van der Waals surface area contributed by atoms with Gasteiger partial charge in [-0.1, -0.05) is 30.2 Å². The van der Waals surface area contributed by atoms with Gasteiger partial charge in [-0.2, -0.15) is 0 Å². The average molecular weight is 246 g/mol. The van der Waals surface area contributed by atoms with Gasteiger partial charge in [0.15, 0.2) is 0 Å². The molecule has 1 unspecified atom stereocenters. The van der Waals surface area contributed by atoms with Crippen LogP contribution in [0.2, 0.25) is 0 Å². The zero-order valence-corrected chi connectivity index (χ0v) is 11.9. The van der Waals surface area contributed by atoms with Crippen LogP contribution < -0.4 is 5.73 Å². The first kappa shape index (κ1) is 13.6. The molecule has 0 bridgehead atoms. The van der Waals surface area contributed by atoms with Crippen LogP contribution >= 0.6 is 0 Å². The highest BCUT2D eigenvalue weighted by Crippen LogP contribution is 2.27. The van der Waals surface area contributed by atoms with Crippen molar-refractivity contribution >= 4 is 0 Å². The first-order valence-corrected chi connectivity index (χ1v) is 7.07. The van der Waals surface area contributed by atoms with E-state index < -0.39 is 0 Å². The quantitative estimate of drug-likeness (QED) is 0.865. The lowest BCUT2D eigenvalue weighted by atomic mass is 9.85. The lowest BCUT2D eigenvalue weighted by molar-refractivity contribution is 0.198. The van der Waals surface area contributed by atoms with Crippen LogP contribution in [-0.4, -0.2) is 25.0 Å². The van der Waals surface area contributed by atoms with Gasteiger partial charge in [0.2, 0.25) is 0 Å². The summed E-state index contributed by atoms with van der Waals surface area (Å²) >= 11 is 0. The molecule has 1 atom stereocenters. The summed E-state index contributed by atoms with van der Waals surface area (Å²) in [4.78, 5) is 2.40. The Morgan fingerprint density at radius 3 is 2.61 bits per heavy atom. The zero-order valence-electron chi connectivity index (χ0n) is 11.9. The van der Waals surface area contributed by atoms with Crippen molar-refractivity contribution in [2.45, 2.75) is 39.2 Å². The summed E-state index contributed by atoms with van der Waals surface area (Å²) in [7, 11) is 2.20. The van der Waals surface area contributed by atoms with Gasteiger partial charge in [-0.15, -0.1) is 0 Å². The Hall–Kier alpha value is -0.860. The monoisotopic (exact) mass is 246 g/mol. The predicted octanol–water partition coefficient (Wildman–Crippen LogP) is 3.04. The molecule has 2 N–H and O–H groups in total. The van der Waals surface area contributed by atoms with Gasteiger partial charge >= 0.3 is 0 Å². The second kappa shape index (κ2) is 5.85. The molecule has 0 saturated heterocycles. The number of nitrogens with zero attached hydrogens (tertiary/aromatic N) is 1. The van der Waals surface area contributed by atoms with Crippen molar-refractivity contribution in [1.82, 2.24) is 4.90 Å². The number of hydrogen-bond donors (Lipinski definition) is 1. The Balaban J connectivity index is 1.91. The van der Waals surface area contributed by atoms with E-state index in [0.29, 0.717) is 0 Å². The van der Waals surface area contributed by atoms with Gasteiger partial charge in [-0.25, -0.2) is 0 Å². The van der Waals surface area contributed by atoms with Crippen LogP contribution in [0.4, 0.5) is 0 Å². The van der Waals surface area contributed by atoms with Crippen LogP contribution in [0.1, 0.15) is 42.0 Å². The Kier molecular flexibility index (Phi) is 4.41. The molecule has 0 heterocycles. The van der Waals surface area contributed by atoms with E-state index in [1.54, 1.807) is 0 Å². The third-order valence-corrected chi connectivity index (χ3v) is 4.13. The summed E-state index contributed by atoms with van der Waals surface area (Å²) in [5.74, 6) is 0.918. The van der Waals surface area contributed by atoms with Crippen molar-refractivity contribution in [2.24, 2.45) is 11.7 Å². The summed E-state index contributed by atoms with van der Waals surface area (Å²) in [6.45, 7) is 6.46. The summed E-state index contributed by atoms with van der Waals surface area (Å²) in [6.07, 6.45) is 4.23. The van der Waals surface area contributed by atoms with Crippen LogP contribution in [-0.2, 0) is 0 Å². The molecule has 1 fully saturated rings. The smallest absolute Gasteiger partial charge is 0.0426 e. The summed E-state index contributed by atoms with van der Waals surface area (Å²) < 4.78 is 0. The maximum atomic E-state index is 6.34. The molecule has 0 aromatic heterocycles. The van der Waals surface area contributed by atoms with Gasteiger partial charge < -0.3 is 10.6 Å². The standard InChI is InChI=1S/C16H26N2/c1-12-7-8-15(13(2)9-12)16(17)11-18(3)10-14-5-4-6-14/h7-9,14,16H,4-6,10-11,17H2,1-3H3. The second-order valence-electron chi connectivity index (χ2n) is 5.98. The van der Waals surface area contributed by atoms with Crippen molar-refractivity contribution in [1.29, 1.82) is 0 Å². The Morgan fingerprint density at radius 2 is 2.06 bits per heavy atom. The van der Waals surface area contributed by atoms with Crippen molar-refractivity contribution in [2.75, 3.05) is 20.1 Å². The lowest BCUT2D eigenvalue weighted by Gasteiger charge is -2.31. The first-order valence-electron chi connectivity index (χ1n) is 7.07. The van der Waals surface area contributed by atoms with E-state index in [2.05, 4.69) is 44.0 Å². The van der Waals surface area contributed by atoms with Gasteiger partial charge in [0.1, 0.15) is 0 Å². The molecular formula is C16H26N2. The van der Waals surface area contributed by atoms with Crippen LogP contribution in [0.25, 0.3) is 0 Å². The topological polar surface area (TPSA) is 29.3 Å². The first-order chi connectivity index (χ1) is 8.56. The molecule has 18 heavy (non-hydrogen) atoms. The van der Waals surface area contributed by atoms with Gasteiger partial charge in [-0.05, 0) is 50.8 Å². The Labute approximate surface area is 111 Å². The van der Waals surface area contributed by atoms with Gasteiger partial charge in [0, 0.05) is 19.1 Å². The van der Waals surface area contributed by atoms with Crippen LogP contribution in [0.15, 0.2) is 18.2 Å². The van der Waals surface area contributed by atoms with Gasteiger partial charge in [-0.3, -0.25) is 0 Å². The molecule has 1 aliphatic carbocycles. The number of hydrogen-bond acceptors (Lipinski definition) is 2. The Bertz CT molecular complexity index is 396. The van der Waals surface area contributed by atoms with Gasteiger partial charge in [0.05, 0.1) is 0 Å². The molecule has 100 valence electrons. The number of benzene rings is 1. The Morgan fingerprint density at radius 1 is 1.33 bits per heavy atom. The predicted molar refractivity (Wildman–Crippen MR) is 77.7 cm³/mol. The van der Waals surface area contributed by atoms with E-state index in [1.807, 2.05) is 0 Å². The third kappa shape index (κ3) is 3.33. The van der Waals surface area contributed by atoms with E-state index in [1.165, 1.54) is 42.5 Å². The van der Waals surface area contributed by atoms with E-state index in [-0.39, 0.29) is 6.04 Å². The third-order valence-electron chi connectivity index (χ3n) is 4.13. The summed E-state index contributed by atoms with van der Waals surface area (Å²) in [6, 6.07) is 6.71. The highest BCUT2D eigenvalue weighted by atomic mass is 15.1. The minimum atomic E-state index is 0.135. The van der Waals surface area contributed by atoms with E-state index in [0.717, 1.165) is 12.5 Å². The fourth-order valence-electron chi connectivity index (χ4n) is 2.87. The summed E-state index contributed by atoms with van der Waals surface area (Å²) in [5, 5.41) is 0. The molecule has 1 aliphatic rings. The van der Waals surface area contributed by atoms with E-state index in [9.17, 15) is 0 Å². The number of likely N-dealkylation sites (N-methyl/N-ethyl adjacent to an activating group) is 1. The SMILES string of the molecule is Cc1ccc(C(N)CN(C)CC2CCC2)c(C)c1. The fraction of sp³-hybridized carbons (Fsp3) is 0.625. The molecule has 1 saturated carbocycles. The minimum Gasteiger partial charge on any atom is -0.323 e. The number of nitrogens with two attached hydrogens (primary N) is 1. The van der Waals surface area contributed by atoms with Crippen LogP contribution in [0.5, 0.6) is 0 Å². The molecule has 2 nitrogen and oxygen atoms in total. The lowest BCUT2D eigenvalue weighted by Crippen LogP contribution is -2.35. The minimum absolute atomic E-state index is 0.135. The van der Waals surface area contributed by atoms with Crippen molar-refractivity contribution in [3.05, 3.63) is 34.9 Å². The molecule has 1 aromatic rings. The van der Waals surface area contributed by atoms with Crippen molar-refractivity contribution in [3.63, 3.8) is 0 Å². The molecule has 0 aliphatic heterocycles. The van der Waals surface area contributed by atoms with E-state index in [4.69, 9.17) is 5.73 Å². The van der Waals surface area contributed by atoms with Crippen molar-refractivity contribution < 1.29 is 0 Å². The normalized spacial score (nSPS) is 17.8. The average Bonchev–Trinajstić information content (AvgIpc) is 2.23. The van der Waals surface area contributed by atoms with Crippen LogP contribution in [0, 0.1) is 19.8 Å². The molecule has 2 rings (SSSR count). The van der Waals surface area contributed by atoms with Crippen molar-refractivity contribution in [3.8, 4) is 0 Å². The molecular weight excluding hydrogens is 220 g/mol. The largest absolute Gasteiger partial charge is 0.323 e. The van der Waals surface area contributed by atoms with Gasteiger partial charge in [0.25, 0.3) is 0 Å². The molecule has 2 heteroatoms. The molecule has 0 amide bonds. The number of rotatable bonds is 5. The molecule has 1 aromatic carbocycles. The molecule has 0 radical (unpaired) electrons. The fourth-order valence-corrected chi connectivity index (χ4v) is 2.87. The second-order valence-corrected chi connectivity index (χ2v) is 5.98. The highest BCUT2D eigenvalue weighted by Gasteiger charge is 2.20. The maximum absolute atomic E-state index is 6.34. The van der Waals surface area contributed by atoms with Crippen LogP contribution in [0.3, 0.4) is 0 Å². The maximum Gasteiger partial charge on any atom is 0.0426 e. The highest BCUT2D eigenvalue weighted by molar-refractivity contribution is 5.32.